The first kappa shape index (κ1) is 32.9. The predicted molar refractivity (Wildman–Crippen MR) is 155 cm³/mol. The van der Waals surface area contributed by atoms with E-state index in [2.05, 4.69) is 25.1 Å². The van der Waals surface area contributed by atoms with Gasteiger partial charge in [-0.1, -0.05) is 0 Å². The molecule has 1 aromatic rings. The number of amides is 2. The topological polar surface area (TPSA) is 133 Å². The lowest BCUT2D eigenvalue weighted by Crippen LogP contribution is -2.51. The van der Waals surface area contributed by atoms with E-state index >= 15 is 0 Å². The number of nitrogens with one attached hydrogen (secondary N) is 1. The Balaban J connectivity index is 1.45. The van der Waals surface area contributed by atoms with Gasteiger partial charge in [-0.05, 0) is 41.5 Å². The van der Waals surface area contributed by atoms with E-state index < -0.39 is 29.6 Å². The smallest absolute Gasteiger partial charge is 0.420 e. The molecule has 0 aliphatic carbocycles. The Morgan fingerprint density at radius 1 is 0.927 bits per heavy atom. The van der Waals surface area contributed by atoms with Crippen molar-refractivity contribution in [2.24, 2.45) is 0 Å². The summed E-state index contributed by atoms with van der Waals surface area (Å²) in [6.07, 6.45) is 1.63. The summed E-state index contributed by atoms with van der Waals surface area (Å²) < 4.78 is 16.6. The fourth-order valence-electron chi connectivity index (χ4n) is 4.43. The molecule has 1 aromatic heterocycles. The summed E-state index contributed by atoms with van der Waals surface area (Å²) >= 11 is 0. The number of aliphatic hydroxyl groups excluding tert-OH is 1. The second kappa shape index (κ2) is 15.1. The molecule has 13 nitrogen and oxygen atoms in total. The van der Waals surface area contributed by atoms with E-state index in [1.165, 1.54) is 0 Å². The highest BCUT2D eigenvalue weighted by molar-refractivity contribution is 5.88. The Morgan fingerprint density at radius 2 is 1.49 bits per heavy atom. The zero-order chi connectivity index (χ0) is 30.0. The largest absolute Gasteiger partial charge is 0.443 e. The summed E-state index contributed by atoms with van der Waals surface area (Å²) in [5.74, 6) is 0.556. The first-order chi connectivity index (χ1) is 19.3. The number of hydrogen-bond acceptors (Lipinski definition) is 12. The lowest BCUT2D eigenvalue weighted by Gasteiger charge is -2.37. The van der Waals surface area contributed by atoms with Crippen LogP contribution in [0.4, 0.5) is 15.5 Å². The van der Waals surface area contributed by atoms with Gasteiger partial charge in [0.2, 0.25) is 5.95 Å². The van der Waals surface area contributed by atoms with Crippen molar-refractivity contribution in [1.82, 2.24) is 30.0 Å². The molecule has 2 amide bonds. The molecule has 2 N–H and O–H groups in total. The average molecular weight is 580 g/mol. The van der Waals surface area contributed by atoms with E-state index in [-0.39, 0.29) is 6.54 Å². The highest BCUT2D eigenvalue weighted by Gasteiger charge is 2.31. The van der Waals surface area contributed by atoms with Crippen molar-refractivity contribution < 1.29 is 28.9 Å². The minimum Gasteiger partial charge on any atom is -0.443 e. The van der Waals surface area contributed by atoms with E-state index in [1.54, 1.807) is 53.9 Å². The third-order valence-corrected chi connectivity index (χ3v) is 6.56. The number of rotatable bonds is 10. The third-order valence-electron chi connectivity index (χ3n) is 6.56. The maximum absolute atomic E-state index is 12.8. The molecule has 41 heavy (non-hydrogen) atoms. The number of imide groups is 1. The zero-order valence-electron chi connectivity index (χ0n) is 25.6. The summed E-state index contributed by atoms with van der Waals surface area (Å²) in [4.78, 5) is 41.9. The summed E-state index contributed by atoms with van der Waals surface area (Å²) in [6, 6.07) is 0. The second-order valence-corrected chi connectivity index (χ2v) is 12.4. The van der Waals surface area contributed by atoms with Gasteiger partial charge in [0.25, 0.3) is 0 Å². The van der Waals surface area contributed by atoms with Crippen LogP contribution in [0.2, 0.25) is 0 Å². The van der Waals surface area contributed by atoms with Crippen LogP contribution >= 0.6 is 0 Å². The van der Waals surface area contributed by atoms with Crippen molar-refractivity contribution in [3.8, 4) is 0 Å². The number of hydrogen-bond donors (Lipinski definition) is 2. The highest BCUT2D eigenvalue weighted by atomic mass is 16.6. The van der Waals surface area contributed by atoms with Crippen LogP contribution in [-0.4, -0.2) is 132 Å². The lowest BCUT2D eigenvalue weighted by atomic mass is 10.2. The molecular formula is C28H49N7O6. The first-order valence-corrected chi connectivity index (χ1v) is 14.5. The molecule has 1 unspecified atom stereocenters. The van der Waals surface area contributed by atoms with Gasteiger partial charge in [-0.2, -0.15) is 0 Å². The van der Waals surface area contributed by atoms with E-state index in [0.717, 1.165) is 37.6 Å². The van der Waals surface area contributed by atoms with Crippen LogP contribution < -0.4 is 10.2 Å². The van der Waals surface area contributed by atoms with Crippen molar-refractivity contribution in [2.45, 2.75) is 71.9 Å². The molecule has 2 aliphatic heterocycles. The molecule has 0 bridgehead atoms. The second-order valence-electron chi connectivity index (χ2n) is 12.4. The van der Waals surface area contributed by atoms with Crippen LogP contribution in [0.5, 0.6) is 0 Å². The molecule has 0 aromatic carbocycles. The molecule has 0 saturated carbocycles. The van der Waals surface area contributed by atoms with Gasteiger partial charge in [-0.25, -0.2) is 24.5 Å². The monoisotopic (exact) mass is 579 g/mol. The number of ether oxygens (including phenoxy) is 3. The van der Waals surface area contributed by atoms with Gasteiger partial charge < -0.3 is 29.5 Å². The maximum Gasteiger partial charge on any atom is 0.420 e. The number of anilines is 1. The van der Waals surface area contributed by atoms with E-state index in [9.17, 15) is 14.7 Å². The molecule has 232 valence electrons. The average Bonchev–Trinajstić information content (AvgIpc) is 2.90. The number of aliphatic hydroxyl groups is 1. The lowest BCUT2D eigenvalue weighted by molar-refractivity contribution is -0.0267. The maximum atomic E-state index is 12.8. The van der Waals surface area contributed by atoms with E-state index in [1.807, 2.05) is 4.90 Å². The predicted octanol–water partition coefficient (Wildman–Crippen LogP) is 1.90. The van der Waals surface area contributed by atoms with Gasteiger partial charge in [0.05, 0.1) is 19.8 Å². The molecule has 2 saturated heterocycles. The van der Waals surface area contributed by atoms with E-state index in [4.69, 9.17) is 14.2 Å². The van der Waals surface area contributed by atoms with Crippen LogP contribution in [0, 0.1) is 0 Å². The molecule has 3 rings (SSSR count). The number of carbonyl (C=O) groups is 2. The van der Waals surface area contributed by atoms with Crippen LogP contribution in [0.3, 0.4) is 0 Å². The quantitative estimate of drug-likeness (QED) is 0.392. The summed E-state index contributed by atoms with van der Waals surface area (Å²) in [6.45, 7) is 19.3. The highest BCUT2D eigenvalue weighted by Crippen LogP contribution is 2.18. The molecular weight excluding hydrogens is 530 g/mol. The fourth-order valence-corrected chi connectivity index (χ4v) is 4.43. The minimum atomic E-state index is -0.796. The Hall–Kier alpha value is -2.58. The number of piperazine rings is 2. The molecule has 2 fully saturated rings. The van der Waals surface area contributed by atoms with Gasteiger partial charge in [0.1, 0.15) is 17.4 Å². The standard InChI is InChI=1S/C28H49N7O6/c1-27(2,3)40-25(37)35(26(38)41-28(4,5)6)21-22-19-30-24(31-20-22)34-14-12-33(13-15-34)23(36)7-17-39-18-16-32-10-8-29-9-11-32/h19-20,23,29,36H,7-18,21H2,1-6H3. The van der Waals surface area contributed by atoms with Gasteiger partial charge in [-0.3, -0.25) is 9.80 Å². The minimum absolute atomic E-state index is 0.0820. The Morgan fingerprint density at radius 3 is 2.02 bits per heavy atom. The summed E-state index contributed by atoms with van der Waals surface area (Å²) in [5.41, 5.74) is -0.979. The molecule has 1 atom stereocenters. The normalized spacial score (nSPS) is 18.2. The number of aromatic nitrogens is 2. The molecule has 2 aliphatic rings. The summed E-state index contributed by atoms with van der Waals surface area (Å²) in [7, 11) is 0. The van der Waals surface area contributed by atoms with Gasteiger partial charge in [0, 0.05) is 83.3 Å². The Kier molecular flexibility index (Phi) is 12.1. The number of carbonyl (C=O) groups excluding carboxylic acids is 2. The van der Waals surface area contributed by atoms with Crippen molar-refractivity contribution in [3.05, 3.63) is 18.0 Å². The van der Waals surface area contributed by atoms with Crippen LogP contribution in [0.15, 0.2) is 12.4 Å². The van der Waals surface area contributed by atoms with Crippen molar-refractivity contribution in [2.75, 3.05) is 77.0 Å². The third kappa shape index (κ3) is 11.7. The molecule has 0 spiro atoms. The molecule has 13 heteroatoms. The SMILES string of the molecule is CC(C)(C)OC(=O)N(Cc1cnc(N2CCN(C(O)CCOCCN3CCNCC3)CC2)nc1)C(=O)OC(C)(C)C. The zero-order valence-corrected chi connectivity index (χ0v) is 25.6. The fraction of sp³-hybridized carbons (Fsp3) is 0.786. The molecule has 0 radical (unpaired) electrons. The van der Waals surface area contributed by atoms with Crippen molar-refractivity contribution in [1.29, 1.82) is 0 Å². The Labute approximate surface area is 244 Å². The van der Waals surface area contributed by atoms with Gasteiger partial charge in [0.15, 0.2) is 0 Å². The Bertz CT molecular complexity index is 924. The van der Waals surface area contributed by atoms with E-state index in [0.29, 0.717) is 57.3 Å². The number of nitrogens with zero attached hydrogens (tertiary/aromatic N) is 6. The van der Waals surface area contributed by atoms with Crippen LogP contribution in [0.1, 0.15) is 53.5 Å². The molecule has 3 heterocycles. The summed E-state index contributed by atoms with van der Waals surface area (Å²) in [5, 5.41) is 14.0. The van der Waals surface area contributed by atoms with Crippen LogP contribution in [0.25, 0.3) is 0 Å². The van der Waals surface area contributed by atoms with Crippen molar-refractivity contribution in [3.63, 3.8) is 0 Å². The van der Waals surface area contributed by atoms with Gasteiger partial charge in [-0.15, -0.1) is 0 Å². The first-order valence-electron chi connectivity index (χ1n) is 14.5. The van der Waals surface area contributed by atoms with Crippen LogP contribution in [-0.2, 0) is 20.8 Å². The van der Waals surface area contributed by atoms with Gasteiger partial charge >= 0.3 is 12.2 Å². The van der Waals surface area contributed by atoms with Crippen molar-refractivity contribution >= 4 is 18.1 Å².